The van der Waals surface area contributed by atoms with E-state index in [0.29, 0.717) is 19.3 Å². The van der Waals surface area contributed by atoms with Crippen LogP contribution in [0.3, 0.4) is 0 Å². The normalized spacial score (nSPS) is 12.1. The standard InChI is InChI=1S/C65H122O6/c1-4-7-10-13-16-19-22-25-27-28-29-30-31-32-33-34-35-36-37-38-39-41-43-46-49-52-55-58-64(67)70-61-62(60-69-63(66)57-54-51-48-45-42-24-21-18-15-12-9-6-3)71-65(68)59-56-53-50-47-44-40-26-23-20-17-14-11-8-5-2/h18,21,28-29,62H,4-17,19-20,22-27,30-61H2,1-3H3/b21-18-,29-28-. The van der Waals surface area contributed by atoms with Gasteiger partial charge in [-0.1, -0.05) is 289 Å². The van der Waals surface area contributed by atoms with Crippen molar-refractivity contribution in [3.05, 3.63) is 24.3 Å². The van der Waals surface area contributed by atoms with Crippen LogP contribution >= 0.6 is 0 Å². The van der Waals surface area contributed by atoms with E-state index in [-0.39, 0.29) is 31.1 Å². The lowest BCUT2D eigenvalue weighted by molar-refractivity contribution is -0.167. The fourth-order valence-electron chi connectivity index (χ4n) is 9.61. The zero-order valence-corrected chi connectivity index (χ0v) is 48.0. The van der Waals surface area contributed by atoms with Crippen molar-refractivity contribution in [1.29, 1.82) is 0 Å². The average Bonchev–Trinajstić information content (AvgIpc) is 3.37. The van der Waals surface area contributed by atoms with Crippen LogP contribution in [0.1, 0.15) is 355 Å². The van der Waals surface area contributed by atoms with Gasteiger partial charge in [-0.3, -0.25) is 14.4 Å². The zero-order chi connectivity index (χ0) is 51.4. The van der Waals surface area contributed by atoms with Gasteiger partial charge in [0.15, 0.2) is 6.10 Å². The molecule has 6 heteroatoms. The molecule has 0 aliphatic heterocycles. The largest absolute Gasteiger partial charge is 0.462 e. The molecule has 418 valence electrons. The third-order valence-electron chi connectivity index (χ3n) is 14.4. The summed E-state index contributed by atoms with van der Waals surface area (Å²) in [5.41, 5.74) is 0. The van der Waals surface area contributed by atoms with Gasteiger partial charge in [-0.05, 0) is 70.6 Å². The molecule has 0 radical (unpaired) electrons. The first-order chi connectivity index (χ1) is 35.0. The van der Waals surface area contributed by atoms with Crippen molar-refractivity contribution in [2.24, 2.45) is 0 Å². The number of unbranched alkanes of at least 4 members (excludes halogenated alkanes) is 44. The van der Waals surface area contributed by atoms with Crippen LogP contribution in [0, 0.1) is 0 Å². The number of hydrogen-bond acceptors (Lipinski definition) is 6. The highest BCUT2D eigenvalue weighted by Gasteiger charge is 2.19. The van der Waals surface area contributed by atoms with Gasteiger partial charge in [0, 0.05) is 19.3 Å². The van der Waals surface area contributed by atoms with Gasteiger partial charge in [0.2, 0.25) is 0 Å². The van der Waals surface area contributed by atoms with Gasteiger partial charge in [-0.25, -0.2) is 0 Å². The van der Waals surface area contributed by atoms with Crippen molar-refractivity contribution in [3.8, 4) is 0 Å². The van der Waals surface area contributed by atoms with E-state index in [1.54, 1.807) is 0 Å². The molecule has 0 heterocycles. The van der Waals surface area contributed by atoms with E-state index in [1.807, 2.05) is 0 Å². The Morgan fingerprint density at radius 2 is 0.465 bits per heavy atom. The Hall–Kier alpha value is -2.11. The quantitative estimate of drug-likeness (QED) is 0.0261. The lowest BCUT2D eigenvalue weighted by Gasteiger charge is -2.18. The number of ether oxygens (including phenoxy) is 3. The Balaban J connectivity index is 4.15. The first kappa shape index (κ1) is 68.9. The molecule has 0 saturated carbocycles. The van der Waals surface area contributed by atoms with Crippen LogP contribution < -0.4 is 0 Å². The second-order valence-corrected chi connectivity index (χ2v) is 21.7. The van der Waals surface area contributed by atoms with E-state index >= 15 is 0 Å². The lowest BCUT2D eigenvalue weighted by Crippen LogP contribution is -2.30. The van der Waals surface area contributed by atoms with Crippen molar-refractivity contribution >= 4 is 17.9 Å². The number of hydrogen-bond donors (Lipinski definition) is 0. The molecule has 71 heavy (non-hydrogen) atoms. The molecule has 0 amide bonds. The number of rotatable bonds is 59. The maximum atomic E-state index is 12.9. The van der Waals surface area contributed by atoms with Crippen LogP contribution in [0.25, 0.3) is 0 Å². The Labute approximate surface area is 443 Å². The lowest BCUT2D eigenvalue weighted by atomic mass is 10.0. The molecule has 0 aliphatic rings. The molecule has 0 spiro atoms. The predicted octanol–water partition coefficient (Wildman–Crippen LogP) is 21.4. The molecule has 0 N–H and O–H groups in total. The Bertz CT molecular complexity index is 1150. The van der Waals surface area contributed by atoms with Crippen LogP contribution in [0.4, 0.5) is 0 Å². The Morgan fingerprint density at radius 3 is 0.732 bits per heavy atom. The molecule has 1 atom stereocenters. The van der Waals surface area contributed by atoms with Crippen molar-refractivity contribution in [1.82, 2.24) is 0 Å². The number of allylic oxidation sites excluding steroid dienone is 4. The average molecular weight is 1000 g/mol. The van der Waals surface area contributed by atoms with Gasteiger partial charge in [-0.15, -0.1) is 0 Å². The molecular weight excluding hydrogens is 877 g/mol. The molecule has 0 aromatic carbocycles. The molecule has 0 aromatic rings. The second-order valence-electron chi connectivity index (χ2n) is 21.7. The summed E-state index contributed by atoms with van der Waals surface area (Å²) in [5.74, 6) is -0.855. The zero-order valence-electron chi connectivity index (χ0n) is 48.0. The molecule has 6 nitrogen and oxygen atoms in total. The summed E-state index contributed by atoms with van der Waals surface area (Å²) < 4.78 is 16.9. The fraction of sp³-hybridized carbons (Fsp3) is 0.892. The minimum atomic E-state index is -0.770. The minimum absolute atomic E-state index is 0.0685. The van der Waals surface area contributed by atoms with Crippen LogP contribution in [0.5, 0.6) is 0 Å². The highest BCUT2D eigenvalue weighted by Crippen LogP contribution is 2.18. The number of carbonyl (C=O) groups is 3. The van der Waals surface area contributed by atoms with Crippen molar-refractivity contribution < 1.29 is 28.6 Å². The molecule has 0 aromatic heterocycles. The molecule has 0 aliphatic carbocycles. The fourth-order valence-corrected chi connectivity index (χ4v) is 9.61. The van der Waals surface area contributed by atoms with E-state index in [0.717, 1.165) is 64.2 Å². The second kappa shape index (κ2) is 60.4. The minimum Gasteiger partial charge on any atom is -0.462 e. The van der Waals surface area contributed by atoms with Crippen molar-refractivity contribution in [2.45, 2.75) is 361 Å². The van der Waals surface area contributed by atoms with Crippen molar-refractivity contribution in [2.75, 3.05) is 13.2 Å². The Kier molecular flexibility index (Phi) is 58.6. The van der Waals surface area contributed by atoms with Crippen LogP contribution in [0.2, 0.25) is 0 Å². The van der Waals surface area contributed by atoms with E-state index in [2.05, 4.69) is 45.1 Å². The van der Waals surface area contributed by atoms with Gasteiger partial charge in [-0.2, -0.15) is 0 Å². The SMILES string of the molecule is CCCCC/C=C\CCCCCCCC(=O)OCC(COC(=O)CCCCCCCCCCCCCCCCC/C=C\CCCCCCCCCC)OC(=O)CCCCCCCCCCCCCCCC. The third-order valence-corrected chi connectivity index (χ3v) is 14.4. The van der Waals surface area contributed by atoms with Gasteiger partial charge >= 0.3 is 17.9 Å². The monoisotopic (exact) mass is 999 g/mol. The summed E-state index contributed by atoms with van der Waals surface area (Å²) in [4.78, 5) is 38.2. The summed E-state index contributed by atoms with van der Waals surface area (Å²) in [5, 5.41) is 0. The van der Waals surface area contributed by atoms with E-state index < -0.39 is 6.10 Å². The third kappa shape index (κ3) is 58.7. The van der Waals surface area contributed by atoms with E-state index in [1.165, 1.54) is 250 Å². The maximum Gasteiger partial charge on any atom is 0.306 e. The summed E-state index contributed by atoms with van der Waals surface area (Å²) >= 11 is 0. The van der Waals surface area contributed by atoms with Gasteiger partial charge in [0.1, 0.15) is 13.2 Å². The summed E-state index contributed by atoms with van der Waals surface area (Å²) in [7, 11) is 0. The van der Waals surface area contributed by atoms with Crippen molar-refractivity contribution in [3.63, 3.8) is 0 Å². The first-order valence-electron chi connectivity index (χ1n) is 31.8. The summed E-state index contributed by atoms with van der Waals surface area (Å²) in [6.45, 7) is 6.66. The highest BCUT2D eigenvalue weighted by atomic mass is 16.6. The highest BCUT2D eigenvalue weighted by molar-refractivity contribution is 5.71. The van der Waals surface area contributed by atoms with Crippen LogP contribution in [0.15, 0.2) is 24.3 Å². The molecule has 0 rings (SSSR count). The molecular formula is C65H122O6. The van der Waals surface area contributed by atoms with Crippen LogP contribution in [-0.2, 0) is 28.6 Å². The van der Waals surface area contributed by atoms with Gasteiger partial charge in [0.05, 0.1) is 0 Å². The van der Waals surface area contributed by atoms with Gasteiger partial charge < -0.3 is 14.2 Å². The predicted molar refractivity (Wildman–Crippen MR) is 307 cm³/mol. The van der Waals surface area contributed by atoms with E-state index in [9.17, 15) is 14.4 Å². The van der Waals surface area contributed by atoms with E-state index in [4.69, 9.17) is 14.2 Å². The summed E-state index contributed by atoms with van der Waals surface area (Å²) in [6.07, 6.45) is 72.0. The maximum absolute atomic E-state index is 12.9. The van der Waals surface area contributed by atoms with Gasteiger partial charge in [0.25, 0.3) is 0 Å². The smallest absolute Gasteiger partial charge is 0.306 e. The Morgan fingerprint density at radius 1 is 0.268 bits per heavy atom. The molecule has 0 bridgehead atoms. The first-order valence-corrected chi connectivity index (χ1v) is 31.8. The summed E-state index contributed by atoms with van der Waals surface area (Å²) in [6, 6.07) is 0. The molecule has 0 saturated heterocycles. The number of esters is 3. The topological polar surface area (TPSA) is 78.9 Å². The number of carbonyl (C=O) groups excluding carboxylic acids is 3. The van der Waals surface area contributed by atoms with Crippen LogP contribution in [-0.4, -0.2) is 37.2 Å². The molecule has 0 fully saturated rings. The molecule has 1 unspecified atom stereocenters.